The van der Waals surface area contributed by atoms with Gasteiger partial charge in [0.15, 0.2) is 0 Å². The molecule has 2 N–H and O–H groups in total. The lowest BCUT2D eigenvalue weighted by atomic mass is 10.1. The molecule has 0 fully saturated rings. The maximum absolute atomic E-state index is 12.9. The minimum atomic E-state index is -4.48. The monoisotopic (exact) mass is 462 g/mol. The van der Waals surface area contributed by atoms with E-state index < -0.39 is 27.7 Å². The molecule has 0 aliphatic rings. The number of anilines is 2. The third-order valence-electron chi connectivity index (χ3n) is 4.97. The van der Waals surface area contributed by atoms with Crippen LogP contribution >= 0.6 is 0 Å². The van der Waals surface area contributed by atoms with Crippen LogP contribution in [0.1, 0.15) is 32.6 Å². The summed E-state index contributed by atoms with van der Waals surface area (Å²) in [4.78, 5) is 12.5. The maximum Gasteiger partial charge on any atom is 0.416 e. The van der Waals surface area contributed by atoms with Crippen LogP contribution in [0.5, 0.6) is 0 Å². The van der Waals surface area contributed by atoms with Crippen LogP contribution in [0.3, 0.4) is 0 Å². The Hall–Kier alpha value is -3.33. The van der Waals surface area contributed by atoms with Gasteiger partial charge in [0.05, 0.1) is 10.5 Å². The van der Waals surface area contributed by atoms with Crippen LogP contribution in [0, 0.1) is 20.8 Å². The lowest BCUT2D eigenvalue weighted by Gasteiger charge is -2.13. The lowest BCUT2D eigenvalue weighted by molar-refractivity contribution is -0.137. The number of carbonyl (C=O) groups excluding carboxylic acids is 1. The highest BCUT2D eigenvalue weighted by atomic mass is 32.2. The SMILES string of the molecule is Cc1ccc(NS(=O)(=O)c2cc(C(=O)Nc3ccc(C(F)(F)F)cc3)ccc2C)cc1C. The number of rotatable bonds is 5. The second-order valence-corrected chi connectivity index (χ2v) is 9.06. The van der Waals surface area contributed by atoms with Crippen LogP contribution in [0.25, 0.3) is 0 Å². The average Bonchev–Trinajstić information content (AvgIpc) is 2.70. The number of sulfonamides is 1. The predicted octanol–water partition coefficient (Wildman–Crippen LogP) is 5.68. The van der Waals surface area contributed by atoms with Crippen molar-refractivity contribution in [2.24, 2.45) is 0 Å². The van der Waals surface area contributed by atoms with Gasteiger partial charge in [-0.25, -0.2) is 8.42 Å². The summed E-state index contributed by atoms with van der Waals surface area (Å²) in [5.41, 5.74) is 2.14. The summed E-state index contributed by atoms with van der Waals surface area (Å²) in [6.45, 7) is 5.38. The zero-order valence-corrected chi connectivity index (χ0v) is 18.4. The van der Waals surface area contributed by atoms with E-state index >= 15 is 0 Å². The molecule has 0 aromatic heterocycles. The van der Waals surface area contributed by atoms with E-state index in [4.69, 9.17) is 0 Å². The Morgan fingerprint density at radius 1 is 0.781 bits per heavy atom. The zero-order valence-electron chi connectivity index (χ0n) is 17.5. The normalized spacial score (nSPS) is 11.8. The maximum atomic E-state index is 12.9. The molecule has 0 spiro atoms. The van der Waals surface area contributed by atoms with Gasteiger partial charge in [-0.1, -0.05) is 12.1 Å². The Bertz CT molecular complexity index is 1270. The quantitative estimate of drug-likeness (QED) is 0.512. The average molecular weight is 462 g/mol. The molecule has 0 aliphatic carbocycles. The first-order valence-electron chi connectivity index (χ1n) is 9.56. The van der Waals surface area contributed by atoms with Gasteiger partial charge in [0.1, 0.15) is 0 Å². The van der Waals surface area contributed by atoms with Gasteiger partial charge < -0.3 is 5.32 Å². The van der Waals surface area contributed by atoms with Gasteiger partial charge in [0.2, 0.25) is 0 Å². The van der Waals surface area contributed by atoms with Gasteiger partial charge in [-0.2, -0.15) is 13.2 Å². The molecule has 0 radical (unpaired) electrons. The van der Waals surface area contributed by atoms with Crippen molar-refractivity contribution in [2.75, 3.05) is 10.0 Å². The molecule has 32 heavy (non-hydrogen) atoms. The molecular weight excluding hydrogens is 441 g/mol. The van der Waals surface area contributed by atoms with Crippen molar-refractivity contribution >= 4 is 27.3 Å². The molecule has 0 saturated heterocycles. The fourth-order valence-electron chi connectivity index (χ4n) is 2.99. The first-order valence-corrected chi connectivity index (χ1v) is 11.0. The number of alkyl halides is 3. The first kappa shape index (κ1) is 23.3. The van der Waals surface area contributed by atoms with E-state index in [0.29, 0.717) is 11.3 Å². The van der Waals surface area contributed by atoms with E-state index in [1.165, 1.54) is 18.2 Å². The van der Waals surface area contributed by atoms with E-state index in [1.807, 2.05) is 13.8 Å². The van der Waals surface area contributed by atoms with Crippen molar-refractivity contribution in [1.82, 2.24) is 0 Å². The molecule has 0 aliphatic heterocycles. The Kier molecular flexibility index (Phi) is 6.32. The summed E-state index contributed by atoms with van der Waals surface area (Å²) in [5, 5.41) is 2.48. The first-order chi connectivity index (χ1) is 14.9. The molecule has 3 aromatic carbocycles. The minimum absolute atomic E-state index is 0.0518. The van der Waals surface area contributed by atoms with Crippen LogP contribution in [0.15, 0.2) is 65.6 Å². The predicted molar refractivity (Wildman–Crippen MR) is 117 cm³/mol. The number of aryl methyl sites for hydroxylation is 3. The van der Waals surface area contributed by atoms with Crippen LogP contribution < -0.4 is 10.0 Å². The second kappa shape index (κ2) is 8.66. The molecule has 0 unspecified atom stereocenters. The Morgan fingerprint density at radius 2 is 1.38 bits per heavy atom. The standard InChI is InChI=1S/C23H21F3N2O3S/c1-14-5-9-20(12-16(14)3)28-32(30,31)21-13-17(6-4-15(21)2)22(29)27-19-10-7-18(8-11-19)23(24,25)26/h4-13,28H,1-3H3,(H,27,29). The van der Waals surface area contributed by atoms with Gasteiger partial charge in [-0.3, -0.25) is 9.52 Å². The highest BCUT2D eigenvalue weighted by Crippen LogP contribution is 2.30. The second-order valence-electron chi connectivity index (χ2n) is 7.41. The molecule has 0 heterocycles. The molecule has 1 amide bonds. The van der Waals surface area contributed by atoms with Gasteiger partial charge in [0.25, 0.3) is 15.9 Å². The summed E-state index contributed by atoms with van der Waals surface area (Å²) in [6.07, 6.45) is -4.48. The van der Waals surface area contributed by atoms with Crippen molar-refractivity contribution < 1.29 is 26.4 Å². The number of benzene rings is 3. The van der Waals surface area contributed by atoms with E-state index in [-0.39, 0.29) is 16.1 Å². The number of halogens is 3. The van der Waals surface area contributed by atoms with Gasteiger partial charge in [-0.15, -0.1) is 0 Å². The smallest absolute Gasteiger partial charge is 0.322 e. The third kappa shape index (κ3) is 5.28. The fourth-order valence-corrected chi connectivity index (χ4v) is 4.31. The molecule has 0 bridgehead atoms. The third-order valence-corrected chi connectivity index (χ3v) is 6.49. The summed E-state index contributed by atoms with van der Waals surface area (Å²) in [5.74, 6) is -0.646. The molecule has 9 heteroatoms. The fraction of sp³-hybridized carbons (Fsp3) is 0.174. The largest absolute Gasteiger partial charge is 0.416 e. The topological polar surface area (TPSA) is 75.3 Å². The lowest BCUT2D eigenvalue weighted by Crippen LogP contribution is -2.17. The van der Waals surface area contributed by atoms with E-state index in [1.54, 1.807) is 25.1 Å². The molecule has 3 aromatic rings. The zero-order chi connectivity index (χ0) is 23.7. The van der Waals surface area contributed by atoms with Crippen LogP contribution in [0.4, 0.5) is 24.5 Å². The number of nitrogens with one attached hydrogen (secondary N) is 2. The summed E-state index contributed by atoms with van der Waals surface area (Å²) in [7, 11) is -3.98. The van der Waals surface area contributed by atoms with Crippen LogP contribution in [-0.2, 0) is 16.2 Å². The molecular formula is C23H21F3N2O3S. The van der Waals surface area contributed by atoms with Crippen molar-refractivity contribution in [3.63, 3.8) is 0 Å². The minimum Gasteiger partial charge on any atom is -0.322 e. The molecule has 0 saturated carbocycles. The van der Waals surface area contributed by atoms with E-state index in [0.717, 1.165) is 35.4 Å². The van der Waals surface area contributed by atoms with E-state index in [2.05, 4.69) is 10.0 Å². The molecule has 0 atom stereocenters. The van der Waals surface area contributed by atoms with Crippen molar-refractivity contribution in [1.29, 1.82) is 0 Å². The number of carbonyl (C=O) groups is 1. The summed E-state index contributed by atoms with van der Waals surface area (Å²) in [6, 6.07) is 13.3. The van der Waals surface area contributed by atoms with Crippen LogP contribution in [-0.4, -0.2) is 14.3 Å². The van der Waals surface area contributed by atoms with Crippen molar-refractivity contribution in [3.8, 4) is 0 Å². The number of hydrogen-bond donors (Lipinski definition) is 2. The Balaban J connectivity index is 1.84. The summed E-state index contributed by atoms with van der Waals surface area (Å²) >= 11 is 0. The molecule has 5 nitrogen and oxygen atoms in total. The van der Waals surface area contributed by atoms with Crippen molar-refractivity contribution in [3.05, 3.63) is 88.5 Å². The number of amides is 1. The van der Waals surface area contributed by atoms with Gasteiger partial charge in [0, 0.05) is 16.9 Å². The summed E-state index contributed by atoms with van der Waals surface area (Å²) < 4.78 is 66.4. The number of hydrogen-bond acceptors (Lipinski definition) is 3. The van der Waals surface area contributed by atoms with Gasteiger partial charge >= 0.3 is 6.18 Å². The highest BCUT2D eigenvalue weighted by molar-refractivity contribution is 7.92. The van der Waals surface area contributed by atoms with E-state index in [9.17, 15) is 26.4 Å². The van der Waals surface area contributed by atoms with Gasteiger partial charge in [-0.05, 0) is 86.0 Å². The molecule has 168 valence electrons. The Morgan fingerprint density at radius 3 is 1.97 bits per heavy atom. The van der Waals surface area contributed by atoms with Crippen molar-refractivity contribution in [2.45, 2.75) is 31.8 Å². The van der Waals surface area contributed by atoms with Crippen LogP contribution in [0.2, 0.25) is 0 Å². The molecule has 3 rings (SSSR count). The Labute approximate surface area is 184 Å². The highest BCUT2D eigenvalue weighted by Gasteiger charge is 2.30.